The van der Waals surface area contributed by atoms with Crippen molar-refractivity contribution in [2.24, 2.45) is 160 Å². The molecular weight excluding hydrogens is 1230 g/mol. The predicted octanol–water partition coefficient (Wildman–Crippen LogP) is 30.6. The van der Waals surface area contributed by atoms with Crippen LogP contribution in [0.1, 0.15) is 432 Å². The Bertz CT molecular complexity index is 1490. The van der Waals surface area contributed by atoms with E-state index in [1.807, 2.05) is 0 Å². The van der Waals surface area contributed by atoms with Gasteiger partial charge < -0.3 is 21.7 Å². The van der Waals surface area contributed by atoms with Crippen LogP contribution in [0.15, 0.2) is 0 Å². The summed E-state index contributed by atoms with van der Waals surface area (Å²) in [5, 5.41) is 9.84. The number of nitrogens with two attached hydrogens (primary N) is 1. The van der Waals surface area contributed by atoms with Crippen LogP contribution in [0.2, 0.25) is 0 Å². The molecule has 9 rings (SSSR count). The Morgan fingerprint density at radius 2 is 0.343 bits per heavy atom. The van der Waals surface area contributed by atoms with E-state index in [1.54, 1.807) is 0 Å². The van der Waals surface area contributed by atoms with Crippen molar-refractivity contribution in [2.45, 2.75) is 438 Å². The highest BCUT2D eigenvalue weighted by Gasteiger charge is 2.29. The van der Waals surface area contributed by atoms with Gasteiger partial charge in [0.25, 0.3) is 0 Å². The molecule has 4 heteroatoms. The summed E-state index contributed by atoms with van der Waals surface area (Å²) >= 11 is 0. The van der Waals surface area contributed by atoms with E-state index in [0.29, 0.717) is 6.04 Å². The van der Waals surface area contributed by atoms with Crippen molar-refractivity contribution in [3.63, 3.8) is 0 Å². The normalized spacial score (nSPS) is 31.8. The zero-order chi connectivity index (χ0) is 74.4. The molecule has 0 saturated heterocycles. The van der Waals surface area contributed by atoms with Crippen molar-refractivity contribution in [3.05, 3.63) is 0 Å². The molecule has 0 heterocycles. The molecule has 618 valence electrons. The minimum atomic E-state index is 0. The highest BCUT2D eigenvalue weighted by molar-refractivity contribution is 4.81. The topological polar surface area (TPSA) is 62.1 Å². The summed E-state index contributed by atoms with van der Waals surface area (Å²) in [4.78, 5) is 0. The standard InChI is InChI=1S/3C11H23N.3C11H22.2C10H20.C9H19N.3CH4/c3*1-9(2)11-6-4-10(5-7-11)8-12-3;3*1-4-10-5-7-11(8-6-10)9(2)3;2*1-8(2)10-6-4-9(3)5-7-10;1-7(2)8-3-5-9(10)6-4-8;;;/h3*9-12H,4-8H2,1-3H3;3*9-11H,4-8H2,1-3H3;2*8-10H,4-7H2,1-3H3;7-9H,3-6,10H2,1-2H3;3*1H4. The van der Waals surface area contributed by atoms with Gasteiger partial charge in [0.1, 0.15) is 0 Å². The monoisotopic (exact) mass is 1440 g/mol. The predicted molar refractivity (Wildman–Crippen MR) is 471 cm³/mol. The molecule has 5 N–H and O–H groups in total. The first-order valence-electron chi connectivity index (χ1n) is 45.7. The van der Waals surface area contributed by atoms with Crippen LogP contribution in [-0.4, -0.2) is 46.8 Å². The maximum absolute atomic E-state index is 5.80. The SMILES string of the molecule is C.C.C.CC(C)C1CCC(N)CC1.CC1CCC(C(C)C)CC1.CC1CCC(C(C)C)CC1.CCC1CCC(C(C)C)CC1.CCC1CCC(C(C)C)CC1.CCC1CCC(C(C)C)CC1.CNCC1CCC(C(C)C)CC1.CNCC1CCC(C(C)C)CC1.CNCC1CCC(C(C)C)CC1. The maximum Gasteiger partial charge on any atom is 0.00390 e. The number of hydrogen-bond acceptors (Lipinski definition) is 4. The molecule has 0 radical (unpaired) electrons. The summed E-state index contributed by atoms with van der Waals surface area (Å²) in [7, 11) is 6.19. The average molecular weight is 1440 g/mol. The van der Waals surface area contributed by atoms with Gasteiger partial charge in [0, 0.05) is 6.04 Å². The first-order valence-corrected chi connectivity index (χ1v) is 45.7. The van der Waals surface area contributed by atoms with Gasteiger partial charge in [-0.05, 0) is 362 Å². The Morgan fingerprint density at radius 1 is 0.216 bits per heavy atom. The Kier molecular flexibility index (Phi) is 66.0. The van der Waals surface area contributed by atoms with Gasteiger partial charge in [-0.2, -0.15) is 0 Å². The van der Waals surface area contributed by atoms with Gasteiger partial charge >= 0.3 is 0 Å². The fourth-order valence-corrected chi connectivity index (χ4v) is 19.5. The van der Waals surface area contributed by atoms with Crippen molar-refractivity contribution >= 4 is 0 Å². The Balaban J connectivity index is -0.00000108. The molecule has 0 aliphatic heterocycles. The largest absolute Gasteiger partial charge is 0.328 e. The fourth-order valence-electron chi connectivity index (χ4n) is 19.5. The molecule has 0 atom stereocenters. The molecule has 9 aliphatic rings. The lowest BCUT2D eigenvalue weighted by Gasteiger charge is -2.30. The van der Waals surface area contributed by atoms with Gasteiger partial charge in [-0.3, -0.25) is 0 Å². The number of hydrogen-bond donors (Lipinski definition) is 4. The second kappa shape index (κ2) is 63.5. The molecule has 9 aliphatic carbocycles. The number of rotatable bonds is 18. The molecule has 0 aromatic carbocycles. The van der Waals surface area contributed by atoms with Crippen LogP contribution in [0.5, 0.6) is 0 Å². The van der Waals surface area contributed by atoms with Crippen LogP contribution in [0.4, 0.5) is 0 Å². The molecule has 0 aromatic rings. The molecule has 9 saturated carbocycles. The molecule has 4 nitrogen and oxygen atoms in total. The first-order chi connectivity index (χ1) is 47.0. The lowest BCUT2D eigenvalue weighted by Crippen LogP contribution is -2.28. The van der Waals surface area contributed by atoms with E-state index in [1.165, 1.54) is 270 Å². The van der Waals surface area contributed by atoms with E-state index in [9.17, 15) is 0 Å². The van der Waals surface area contributed by atoms with Gasteiger partial charge in [-0.25, -0.2) is 0 Å². The van der Waals surface area contributed by atoms with Crippen LogP contribution < -0.4 is 21.7 Å². The Hall–Kier alpha value is -0.160. The highest BCUT2D eigenvalue weighted by Crippen LogP contribution is 2.40. The molecule has 0 spiro atoms. The second-order valence-corrected chi connectivity index (χ2v) is 39.5. The van der Waals surface area contributed by atoms with Crippen LogP contribution in [-0.2, 0) is 0 Å². The molecule has 0 unspecified atom stereocenters. The molecule has 102 heavy (non-hydrogen) atoms. The maximum atomic E-state index is 5.80. The summed E-state index contributed by atoms with van der Waals surface area (Å²) in [6, 6.07) is 0.509. The summed E-state index contributed by atoms with van der Waals surface area (Å²) in [5.41, 5.74) is 5.80. The van der Waals surface area contributed by atoms with Crippen molar-refractivity contribution in [2.75, 3.05) is 40.8 Å². The zero-order valence-corrected chi connectivity index (χ0v) is 73.4. The zero-order valence-electron chi connectivity index (χ0n) is 73.4. The highest BCUT2D eigenvalue weighted by atomic mass is 14.8. The average Bonchev–Trinajstić information content (AvgIpc) is 1.00. The van der Waals surface area contributed by atoms with Gasteiger partial charge in [0.15, 0.2) is 0 Å². The molecule has 0 amide bonds. The van der Waals surface area contributed by atoms with E-state index in [0.717, 1.165) is 154 Å². The molecule has 9 fully saturated rings. The smallest absolute Gasteiger partial charge is 0.00390 e. The lowest BCUT2D eigenvalue weighted by molar-refractivity contribution is 0.221. The van der Waals surface area contributed by atoms with Crippen LogP contribution in [0.3, 0.4) is 0 Å². The Labute approximate surface area is 650 Å². The van der Waals surface area contributed by atoms with Gasteiger partial charge in [0.2, 0.25) is 0 Å². The van der Waals surface area contributed by atoms with E-state index >= 15 is 0 Å². The second-order valence-electron chi connectivity index (χ2n) is 39.5. The van der Waals surface area contributed by atoms with Crippen LogP contribution >= 0.6 is 0 Å². The first kappa shape index (κ1) is 106. The van der Waals surface area contributed by atoms with E-state index < -0.39 is 0 Å². The minimum absolute atomic E-state index is 0. The van der Waals surface area contributed by atoms with Crippen molar-refractivity contribution in [1.82, 2.24) is 16.0 Å². The van der Waals surface area contributed by atoms with E-state index in [-0.39, 0.29) is 22.3 Å². The summed E-state index contributed by atoms with van der Waals surface area (Å²) < 4.78 is 0. The minimum Gasteiger partial charge on any atom is -0.328 e. The molecule has 0 bridgehead atoms. The van der Waals surface area contributed by atoms with E-state index in [2.05, 4.69) is 196 Å². The quantitative estimate of drug-likeness (QED) is 0.110. The Morgan fingerprint density at radius 3 is 0.471 bits per heavy atom. The molecular formula is C98H206N4. The third-order valence-electron chi connectivity index (χ3n) is 29.0. The van der Waals surface area contributed by atoms with Crippen LogP contribution in [0.25, 0.3) is 0 Å². The van der Waals surface area contributed by atoms with Gasteiger partial charge in [-0.1, -0.05) is 265 Å². The fraction of sp³-hybridized carbons (Fsp3) is 1.00. The van der Waals surface area contributed by atoms with Crippen molar-refractivity contribution in [1.29, 1.82) is 0 Å². The van der Waals surface area contributed by atoms with Gasteiger partial charge in [-0.15, -0.1) is 0 Å². The summed E-state index contributed by atoms with van der Waals surface area (Å²) in [5.74, 6) is 25.5. The van der Waals surface area contributed by atoms with Gasteiger partial charge in [0.05, 0.1) is 0 Å². The third kappa shape index (κ3) is 49.2. The van der Waals surface area contributed by atoms with Crippen molar-refractivity contribution < 1.29 is 0 Å². The third-order valence-corrected chi connectivity index (χ3v) is 29.0. The summed E-state index contributed by atoms with van der Waals surface area (Å²) in [6.07, 6.45) is 56.7. The lowest BCUT2D eigenvalue weighted by atomic mass is 9.76. The van der Waals surface area contributed by atoms with E-state index in [4.69, 9.17) is 5.73 Å². The number of nitrogens with one attached hydrogen (secondary N) is 3. The molecule has 0 aromatic heterocycles. The van der Waals surface area contributed by atoms with Crippen LogP contribution in [0, 0.1) is 154 Å². The summed E-state index contributed by atoms with van der Waals surface area (Å²) in [6.45, 7) is 58.0. The van der Waals surface area contributed by atoms with Crippen molar-refractivity contribution in [3.8, 4) is 0 Å².